The van der Waals surface area contributed by atoms with E-state index in [0.29, 0.717) is 11.3 Å². The highest BCUT2D eigenvalue weighted by atomic mass is 32.1. The zero-order valence-corrected chi connectivity index (χ0v) is 13.2. The zero-order valence-electron chi connectivity index (χ0n) is 12.4. The Balaban J connectivity index is 1.95. The lowest BCUT2D eigenvalue weighted by molar-refractivity contribution is -0.385. The number of amides is 1. The smallest absolute Gasteiger partial charge is 0.274 e. The molecule has 0 aliphatic heterocycles. The van der Waals surface area contributed by atoms with Crippen LogP contribution in [0.25, 0.3) is 0 Å². The highest BCUT2D eigenvalue weighted by molar-refractivity contribution is 7.80. The Morgan fingerprint density at radius 3 is 2.64 bits per heavy atom. The van der Waals surface area contributed by atoms with Crippen molar-refractivity contribution in [3.8, 4) is 0 Å². The summed E-state index contributed by atoms with van der Waals surface area (Å²) in [4.78, 5) is 22.6. The van der Waals surface area contributed by atoms with Crippen molar-refractivity contribution < 1.29 is 9.72 Å². The minimum Gasteiger partial charge on any atom is -0.332 e. The Morgan fingerprint density at radius 2 is 2.00 bits per heavy atom. The SMILES string of the molecule is Cc1ccc(NC(=S)NC(=O)C2CCCCC2)cc1[N+](=O)[O-]. The van der Waals surface area contributed by atoms with Gasteiger partial charge in [-0.15, -0.1) is 0 Å². The lowest BCUT2D eigenvalue weighted by Gasteiger charge is -2.21. The fourth-order valence-corrected chi connectivity index (χ4v) is 2.84. The number of nitro groups is 1. The second-order valence-electron chi connectivity index (χ2n) is 5.54. The minimum absolute atomic E-state index is 0.0147. The van der Waals surface area contributed by atoms with Gasteiger partial charge in [0.25, 0.3) is 5.69 Å². The van der Waals surface area contributed by atoms with Crippen LogP contribution < -0.4 is 10.6 Å². The number of thiocarbonyl (C=S) groups is 1. The predicted molar refractivity (Wildman–Crippen MR) is 88.8 cm³/mol. The molecule has 2 rings (SSSR count). The molecule has 2 N–H and O–H groups in total. The summed E-state index contributed by atoms with van der Waals surface area (Å²) in [6.07, 6.45) is 5.11. The van der Waals surface area contributed by atoms with Gasteiger partial charge in [-0.1, -0.05) is 25.3 Å². The van der Waals surface area contributed by atoms with Crippen LogP contribution in [-0.4, -0.2) is 15.9 Å². The summed E-state index contributed by atoms with van der Waals surface area (Å²) >= 11 is 5.11. The van der Waals surface area contributed by atoms with Crippen molar-refractivity contribution in [3.63, 3.8) is 0 Å². The van der Waals surface area contributed by atoms with E-state index in [-0.39, 0.29) is 22.6 Å². The molecule has 1 aromatic carbocycles. The van der Waals surface area contributed by atoms with Crippen LogP contribution in [0.4, 0.5) is 11.4 Å². The van der Waals surface area contributed by atoms with Crippen molar-refractivity contribution in [2.75, 3.05) is 5.32 Å². The van der Waals surface area contributed by atoms with Crippen LogP contribution in [0.2, 0.25) is 0 Å². The molecule has 0 spiro atoms. The first-order chi connectivity index (χ1) is 10.5. The number of carbonyl (C=O) groups excluding carboxylic acids is 1. The van der Waals surface area contributed by atoms with Gasteiger partial charge in [-0.05, 0) is 38.0 Å². The van der Waals surface area contributed by atoms with Gasteiger partial charge in [0.05, 0.1) is 4.92 Å². The van der Waals surface area contributed by atoms with Crippen molar-refractivity contribution in [2.24, 2.45) is 5.92 Å². The Hall–Kier alpha value is -2.02. The molecule has 0 aromatic heterocycles. The monoisotopic (exact) mass is 321 g/mol. The van der Waals surface area contributed by atoms with Crippen LogP contribution in [0.5, 0.6) is 0 Å². The number of carbonyl (C=O) groups is 1. The van der Waals surface area contributed by atoms with Crippen LogP contribution >= 0.6 is 12.2 Å². The van der Waals surface area contributed by atoms with Gasteiger partial charge >= 0.3 is 0 Å². The number of hydrogen-bond acceptors (Lipinski definition) is 4. The molecule has 0 heterocycles. The molecule has 1 aliphatic carbocycles. The largest absolute Gasteiger partial charge is 0.332 e. The van der Waals surface area contributed by atoms with Gasteiger partial charge < -0.3 is 10.6 Å². The van der Waals surface area contributed by atoms with Crippen LogP contribution in [-0.2, 0) is 4.79 Å². The van der Waals surface area contributed by atoms with Crippen LogP contribution in [0.15, 0.2) is 18.2 Å². The molecule has 0 radical (unpaired) electrons. The average molecular weight is 321 g/mol. The number of hydrogen-bond donors (Lipinski definition) is 2. The second-order valence-corrected chi connectivity index (χ2v) is 5.94. The van der Waals surface area contributed by atoms with Gasteiger partial charge in [0, 0.05) is 23.2 Å². The van der Waals surface area contributed by atoms with E-state index < -0.39 is 4.92 Å². The minimum atomic E-state index is -0.440. The molecule has 0 bridgehead atoms. The summed E-state index contributed by atoms with van der Waals surface area (Å²) in [7, 11) is 0. The van der Waals surface area contributed by atoms with Crippen LogP contribution in [0.1, 0.15) is 37.7 Å². The maximum Gasteiger partial charge on any atom is 0.274 e. The van der Waals surface area contributed by atoms with Crippen LogP contribution in [0, 0.1) is 23.0 Å². The number of nitro benzene ring substituents is 1. The van der Waals surface area contributed by atoms with Gasteiger partial charge in [0.15, 0.2) is 5.11 Å². The highest BCUT2D eigenvalue weighted by Crippen LogP contribution is 2.24. The van der Waals surface area contributed by atoms with Gasteiger partial charge in [-0.3, -0.25) is 14.9 Å². The third-order valence-electron chi connectivity index (χ3n) is 3.88. The summed E-state index contributed by atoms with van der Waals surface area (Å²) in [6.45, 7) is 1.67. The summed E-state index contributed by atoms with van der Waals surface area (Å²) < 4.78 is 0. The van der Waals surface area contributed by atoms with Crippen molar-refractivity contribution in [1.82, 2.24) is 5.32 Å². The van der Waals surface area contributed by atoms with Crippen molar-refractivity contribution in [2.45, 2.75) is 39.0 Å². The maximum atomic E-state index is 12.1. The number of anilines is 1. The highest BCUT2D eigenvalue weighted by Gasteiger charge is 2.21. The molecule has 118 valence electrons. The third-order valence-corrected chi connectivity index (χ3v) is 4.08. The Kier molecular flexibility index (Phi) is 5.43. The summed E-state index contributed by atoms with van der Waals surface area (Å²) in [5.74, 6) is -0.0559. The summed E-state index contributed by atoms with van der Waals surface area (Å²) in [5, 5.41) is 16.6. The van der Waals surface area contributed by atoms with E-state index in [2.05, 4.69) is 10.6 Å². The van der Waals surface area contributed by atoms with Crippen molar-refractivity contribution >= 4 is 34.6 Å². The molecule has 0 atom stereocenters. The van der Waals surface area contributed by atoms with Crippen molar-refractivity contribution in [3.05, 3.63) is 33.9 Å². The van der Waals surface area contributed by atoms with Gasteiger partial charge in [0.2, 0.25) is 5.91 Å². The first-order valence-corrected chi connectivity index (χ1v) is 7.75. The van der Waals surface area contributed by atoms with E-state index in [1.165, 1.54) is 12.5 Å². The van der Waals surface area contributed by atoms with E-state index in [0.717, 1.165) is 25.7 Å². The molecule has 1 saturated carbocycles. The predicted octanol–water partition coefficient (Wildman–Crippen LogP) is 3.30. The lowest BCUT2D eigenvalue weighted by Crippen LogP contribution is -2.39. The fourth-order valence-electron chi connectivity index (χ4n) is 2.62. The molecular weight excluding hydrogens is 302 g/mol. The molecule has 0 unspecified atom stereocenters. The average Bonchev–Trinajstić information content (AvgIpc) is 2.49. The molecule has 1 fully saturated rings. The van der Waals surface area contributed by atoms with Gasteiger partial charge in [-0.2, -0.15) is 0 Å². The fraction of sp³-hybridized carbons (Fsp3) is 0.467. The summed E-state index contributed by atoms with van der Waals surface area (Å²) in [6, 6.07) is 4.75. The van der Waals surface area contributed by atoms with E-state index in [1.807, 2.05) is 0 Å². The molecule has 1 aromatic rings. The molecule has 1 aliphatic rings. The molecule has 0 saturated heterocycles. The van der Waals surface area contributed by atoms with Gasteiger partial charge in [-0.25, -0.2) is 0 Å². The number of aryl methyl sites for hydroxylation is 1. The molecule has 22 heavy (non-hydrogen) atoms. The van der Waals surface area contributed by atoms with E-state index in [4.69, 9.17) is 12.2 Å². The number of rotatable bonds is 3. The molecule has 1 amide bonds. The maximum absolute atomic E-state index is 12.1. The Labute approximate surface area is 134 Å². The van der Waals surface area contributed by atoms with E-state index in [9.17, 15) is 14.9 Å². The van der Waals surface area contributed by atoms with E-state index in [1.54, 1.807) is 19.1 Å². The Morgan fingerprint density at radius 1 is 1.32 bits per heavy atom. The zero-order chi connectivity index (χ0) is 16.1. The quantitative estimate of drug-likeness (QED) is 0.507. The first-order valence-electron chi connectivity index (χ1n) is 7.34. The third kappa shape index (κ3) is 4.24. The topological polar surface area (TPSA) is 84.3 Å². The number of nitrogens with one attached hydrogen (secondary N) is 2. The van der Waals surface area contributed by atoms with E-state index >= 15 is 0 Å². The molecular formula is C15H19N3O3S. The van der Waals surface area contributed by atoms with Gasteiger partial charge in [0.1, 0.15) is 0 Å². The first kappa shape index (κ1) is 16.4. The summed E-state index contributed by atoms with van der Waals surface area (Å²) in [5.41, 5.74) is 1.09. The second kappa shape index (κ2) is 7.31. The normalized spacial score (nSPS) is 15.1. The lowest BCUT2D eigenvalue weighted by atomic mass is 9.89. The standard InChI is InChI=1S/C15H19N3O3S/c1-10-7-8-12(9-13(10)18(20)21)16-15(22)17-14(19)11-5-3-2-4-6-11/h7-9,11H,2-6H2,1H3,(H2,16,17,19,22). The van der Waals surface area contributed by atoms with Crippen LogP contribution in [0.3, 0.4) is 0 Å². The molecule has 7 heteroatoms. The Bertz CT molecular complexity index is 598. The molecule has 6 nitrogen and oxygen atoms in total. The van der Waals surface area contributed by atoms with Crippen molar-refractivity contribution in [1.29, 1.82) is 0 Å². The number of benzene rings is 1. The number of nitrogens with zero attached hydrogens (tertiary/aromatic N) is 1.